The summed E-state index contributed by atoms with van der Waals surface area (Å²) in [5.74, 6) is 0.546. The molecular weight excluding hydrogens is 256 g/mol. The Labute approximate surface area is 115 Å². The summed E-state index contributed by atoms with van der Waals surface area (Å²) in [5.41, 5.74) is 10.4. The van der Waals surface area contributed by atoms with Gasteiger partial charge < -0.3 is 10.3 Å². The smallest absolute Gasteiger partial charge is 0.201 e. The van der Waals surface area contributed by atoms with Crippen molar-refractivity contribution in [2.75, 3.05) is 5.73 Å². The molecule has 0 amide bonds. The number of nitrogen functional groups attached to an aromatic ring is 1. The summed E-state index contributed by atoms with van der Waals surface area (Å²) in [5, 5.41) is 3.13. The van der Waals surface area contributed by atoms with Crippen LogP contribution in [0.3, 0.4) is 0 Å². The number of anilines is 1. The summed E-state index contributed by atoms with van der Waals surface area (Å²) in [6.07, 6.45) is 0. The van der Waals surface area contributed by atoms with Crippen molar-refractivity contribution in [1.29, 1.82) is 0 Å². The Hall–Kier alpha value is -1.88. The van der Waals surface area contributed by atoms with Crippen molar-refractivity contribution in [2.45, 2.75) is 26.8 Å². The van der Waals surface area contributed by atoms with Crippen LogP contribution in [0.5, 0.6) is 0 Å². The Morgan fingerprint density at radius 2 is 2.05 bits per heavy atom. The van der Waals surface area contributed by atoms with Crippen molar-refractivity contribution >= 4 is 28.3 Å². The predicted octanol–water partition coefficient (Wildman–Crippen LogP) is 3.30. The van der Waals surface area contributed by atoms with Crippen LogP contribution >= 0.6 is 11.3 Å². The van der Waals surface area contributed by atoms with Gasteiger partial charge in [-0.3, -0.25) is 0 Å². The summed E-state index contributed by atoms with van der Waals surface area (Å²) in [6, 6.07) is 6.19. The molecule has 0 fully saturated rings. The number of hydrogen-bond acceptors (Lipinski definition) is 4. The summed E-state index contributed by atoms with van der Waals surface area (Å²) < 4.78 is 2.07. The normalized spacial score (nSPS) is 13.0. The van der Waals surface area contributed by atoms with Gasteiger partial charge in [-0.2, -0.15) is 0 Å². The van der Waals surface area contributed by atoms with E-state index in [4.69, 9.17) is 5.73 Å². The average molecular weight is 272 g/mol. The maximum atomic E-state index is 6.10. The number of rotatable bonds is 2. The summed E-state index contributed by atoms with van der Waals surface area (Å²) in [4.78, 5) is 9.00. The molecule has 2 aromatic heterocycles. The second-order valence-corrected chi connectivity index (χ2v) is 5.68. The number of fused-ring (bicyclic) bond motifs is 1. The van der Waals surface area contributed by atoms with Crippen LogP contribution in [0, 0.1) is 13.8 Å². The zero-order valence-corrected chi connectivity index (χ0v) is 12.0. The minimum absolute atomic E-state index is 0.102. The Kier molecular flexibility index (Phi) is 2.78. The van der Waals surface area contributed by atoms with Gasteiger partial charge in [0.15, 0.2) is 0 Å². The number of thiazole rings is 1. The van der Waals surface area contributed by atoms with Crippen LogP contribution in [-0.4, -0.2) is 14.5 Å². The van der Waals surface area contributed by atoms with Crippen LogP contribution in [0.15, 0.2) is 23.6 Å². The predicted molar refractivity (Wildman–Crippen MR) is 79.5 cm³/mol. The molecule has 1 unspecified atom stereocenters. The molecule has 0 aliphatic rings. The van der Waals surface area contributed by atoms with Gasteiger partial charge in [0.1, 0.15) is 5.01 Å². The molecule has 1 atom stereocenters. The molecule has 3 rings (SSSR count). The highest BCUT2D eigenvalue weighted by Gasteiger charge is 2.18. The highest BCUT2D eigenvalue weighted by Crippen LogP contribution is 2.30. The first kappa shape index (κ1) is 12.2. The molecule has 1 aromatic carbocycles. The number of aromatic nitrogens is 3. The highest BCUT2D eigenvalue weighted by atomic mass is 32.1. The fourth-order valence-electron chi connectivity index (χ4n) is 2.41. The molecule has 5 heteroatoms. The lowest BCUT2D eigenvalue weighted by atomic mass is 10.2. The fourth-order valence-corrected chi connectivity index (χ4v) is 3.25. The van der Waals surface area contributed by atoms with Gasteiger partial charge in [-0.1, -0.05) is 12.1 Å². The maximum Gasteiger partial charge on any atom is 0.201 e. The number of nitrogens with two attached hydrogens (primary N) is 1. The van der Waals surface area contributed by atoms with E-state index in [0.717, 1.165) is 21.7 Å². The third kappa shape index (κ3) is 1.90. The maximum absolute atomic E-state index is 6.10. The van der Waals surface area contributed by atoms with E-state index in [1.807, 2.05) is 19.1 Å². The van der Waals surface area contributed by atoms with E-state index in [9.17, 15) is 0 Å². The Bertz CT molecular complexity index is 741. The van der Waals surface area contributed by atoms with Crippen LogP contribution in [0.1, 0.15) is 29.2 Å². The molecule has 0 saturated heterocycles. The van der Waals surface area contributed by atoms with Gasteiger partial charge >= 0.3 is 0 Å². The molecule has 19 heavy (non-hydrogen) atoms. The quantitative estimate of drug-likeness (QED) is 0.778. The van der Waals surface area contributed by atoms with Crippen LogP contribution in [0.25, 0.3) is 11.0 Å². The Morgan fingerprint density at radius 1 is 1.26 bits per heavy atom. The van der Waals surface area contributed by atoms with Gasteiger partial charge in [-0.15, -0.1) is 11.3 Å². The summed E-state index contributed by atoms with van der Waals surface area (Å²) >= 11 is 1.66. The standard InChI is InChI=1S/C14H16N4S/c1-8-5-4-6-11-12(8)18(14(15)17-11)10(3)13-16-9(2)7-19-13/h4-7,10H,1-3H3,(H2,15,17). The van der Waals surface area contributed by atoms with Gasteiger partial charge in [0.25, 0.3) is 0 Å². The number of hydrogen-bond donors (Lipinski definition) is 1. The monoisotopic (exact) mass is 272 g/mol. The van der Waals surface area contributed by atoms with E-state index in [-0.39, 0.29) is 6.04 Å². The average Bonchev–Trinajstić information content (AvgIpc) is 2.92. The first-order valence-corrected chi connectivity index (χ1v) is 7.11. The summed E-state index contributed by atoms with van der Waals surface area (Å²) in [7, 11) is 0. The lowest BCUT2D eigenvalue weighted by Crippen LogP contribution is -2.10. The van der Waals surface area contributed by atoms with Crippen LogP contribution in [-0.2, 0) is 0 Å². The molecule has 2 heterocycles. The van der Waals surface area contributed by atoms with Crippen molar-refractivity contribution in [1.82, 2.24) is 14.5 Å². The molecule has 3 aromatic rings. The number of benzene rings is 1. The molecule has 0 aliphatic heterocycles. The van der Waals surface area contributed by atoms with Gasteiger partial charge in [-0.25, -0.2) is 9.97 Å². The molecule has 98 valence electrons. The third-order valence-electron chi connectivity index (χ3n) is 3.32. The second kappa shape index (κ2) is 4.35. The lowest BCUT2D eigenvalue weighted by Gasteiger charge is -2.14. The van der Waals surface area contributed by atoms with Crippen LogP contribution in [0.4, 0.5) is 5.95 Å². The molecule has 0 spiro atoms. The van der Waals surface area contributed by atoms with E-state index in [1.165, 1.54) is 5.56 Å². The summed E-state index contributed by atoms with van der Waals surface area (Å²) in [6.45, 7) is 6.20. The van der Waals surface area contributed by atoms with E-state index in [0.29, 0.717) is 5.95 Å². The molecule has 4 nitrogen and oxygen atoms in total. The number of para-hydroxylation sites is 1. The van der Waals surface area contributed by atoms with Crippen molar-refractivity contribution in [3.8, 4) is 0 Å². The van der Waals surface area contributed by atoms with Gasteiger partial charge in [-0.05, 0) is 32.4 Å². The van der Waals surface area contributed by atoms with E-state index in [1.54, 1.807) is 11.3 Å². The highest BCUT2D eigenvalue weighted by molar-refractivity contribution is 7.09. The number of aryl methyl sites for hydroxylation is 2. The Balaban J connectivity index is 2.22. The van der Waals surface area contributed by atoms with Crippen molar-refractivity contribution in [3.63, 3.8) is 0 Å². The second-order valence-electron chi connectivity index (χ2n) is 4.79. The van der Waals surface area contributed by atoms with Gasteiger partial charge in [0.05, 0.1) is 17.1 Å². The van der Waals surface area contributed by atoms with Crippen LogP contribution in [0.2, 0.25) is 0 Å². The number of nitrogens with zero attached hydrogens (tertiary/aromatic N) is 3. The van der Waals surface area contributed by atoms with E-state index < -0.39 is 0 Å². The van der Waals surface area contributed by atoms with Crippen LogP contribution < -0.4 is 5.73 Å². The first-order chi connectivity index (χ1) is 9.08. The zero-order chi connectivity index (χ0) is 13.6. The molecule has 2 N–H and O–H groups in total. The topological polar surface area (TPSA) is 56.7 Å². The first-order valence-electron chi connectivity index (χ1n) is 6.23. The molecule has 0 saturated carbocycles. The van der Waals surface area contributed by atoms with Gasteiger partial charge in [0.2, 0.25) is 5.95 Å². The molecule has 0 bridgehead atoms. The SMILES string of the molecule is Cc1csc(C(C)n2c(N)nc3cccc(C)c32)n1. The minimum Gasteiger partial charge on any atom is -0.369 e. The molecule has 0 radical (unpaired) electrons. The van der Waals surface area contributed by atoms with Crippen molar-refractivity contribution < 1.29 is 0 Å². The minimum atomic E-state index is 0.102. The van der Waals surface area contributed by atoms with E-state index in [2.05, 4.69) is 39.8 Å². The zero-order valence-electron chi connectivity index (χ0n) is 11.2. The number of imidazole rings is 1. The van der Waals surface area contributed by atoms with Crippen molar-refractivity contribution in [2.24, 2.45) is 0 Å². The third-order valence-corrected chi connectivity index (χ3v) is 4.45. The van der Waals surface area contributed by atoms with Gasteiger partial charge in [0, 0.05) is 11.1 Å². The molecule has 0 aliphatic carbocycles. The fraction of sp³-hybridized carbons (Fsp3) is 0.286. The van der Waals surface area contributed by atoms with Crippen molar-refractivity contribution in [3.05, 3.63) is 39.8 Å². The lowest BCUT2D eigenvalue weighted by molar-refractivity contribution is 0.660. The Morgan fingerprint density at radius 3 is 2.74 bits per heavy atom. The van der Waals surface area contributed by atoms with E-state index >= 15 is 0 Å². The molecular formula is C14H16N4S. The largest absolute Gasteiger partial charge is 0.369 e.